The van der Waals surface area contributed by atoms with E-state index in [0.717, 1.165) is 12.8 Å². The monoisotopic (exact) mass is 245 g/mol. The standard InChI is InChI=1S/C11H19NO3S/c1-9(8-16(3,14)15)12(2)11(13)10-6-4-5-7-10/h4-5,9-10H,6-8H2,1-3H3/t9-/m0/s1. The van der Waals surface area contributed by atoms with Crippen molar-refractivity contribution in [2.75, 3.05) is 19.1 Å². The minimum atomic E-state index is -3.03. The first-order valence-electron chi connectivity index (χ1n) is 5.40. The third-order valence-electron chi connectivity index (χ3n) is 2.91. The fourth-order valence-electron chi connectivity index (χ4n) is 1.87. The van der Waals surface area contributed by atoms with Crippen molar-refractivity contribution < 1.29 is 13.2 Å². The number of amides is 1. The van der Waals surface area contributed by atoms with Gasteiger partial charge < -0.3 is 4.90 Å². The summed E-state index contributed by atoms with van der Waals surface area (Å²) in [5.41, 5.74) is 0. The fourth-order valence-corrected chi connectivity index (χ4v) is 2.97. The molecule has 1 amide bonds. The van der Waals surface area contributed by atoms with E-state index in [4.69, 9.17) is 0 Å². The second kappa shape index (κ2) is 4.99. The molecule has 1 aliphatic carbocycles. The molecule has 16 heavy (non-hydrogen) atoms. The topological polar surface area (TPSA) is 54.5 Å². The van der Waals surface area contributed by atoms with Crippen molar-refractivity contribution in [1.29, 1.82) is 0 Å². The molecule has 0 aromatic carbocycles. The Balaban J connectivity index is 2.56. The molecule has 0 unspecified atom stereocenters. The smallest absolute Gasteiger partial charge is 0.226 e. The molecule has 92 valence electrons. The molecule has 0 aliphatic heterocycles. The zero-order valence-electron chi connectivity index (χ0n) is 10.0. The second-order valence-electron chi connectivity index (χ2n) is 4.53. The Labute approximate surface area is 97.2 Å². The van der Waals surface area contributed by atoms with E-state index in [2.05, 4.69) is 0 Å². The predicted octanol–water partition coefficient (Wildman–Crippen LogP) is 0.844. The number of allylic oxidation sites excluding steroid dienone is 2. The summed E-state index contributed by atoms with van der Waals surface area (Å²) in [6.07, 6.45) is 6.73. The molecule has 1 rings (SSSR count). The molecule has 1 aliphatic rings. The summed E-state index contributed by atoms with van der Waals surface area (Å²) in [5, 5.41) is 0. The van der Waals surface area contributed by atoms with E-state index in [1.165, 1.54) is 6.26 Å². The molecule has 4 nitrogen and oxygen atoms in total. The van der Waals surface area contributed by atoms with E-state index in [9.17, 15) is 13.2 Å². The van der Waals surface area contributed by atoms with Crippen molar-refractivity contribution in [3.63, 3.8) is 0 Å². The van der Waals surface area contributed by atoms with E-state index >= 15 is 0 Å². The van der Waals surface area contributed by atoms with Crippen molar-refractivity contribution >= 4 is 15.7 Å². The Bertz CT molecular complexity index is 378. The van der Waals surface area contributed by atoms with Crippen LogP contribution in [0.1, 0.15) is 19.8 Å². The Hall–Kier alpha value is -0.840. The number of carbonyl (C=O) groups is 1. The molecule has 0 N–H and O–H groups in total. The van der Waals surface area contributed by atoms with Gasteiger partial charge in [0.2, 0.25) is 5.91 Å². The first-order valence-corrected chi connectivity index (χ1v) is 7.46. The lowest BCUT2D eigenvalue weighted by Gasteiger charge is -2.27. The maximum atomic E-state index is 12.0. The van der Waals surface area contributed by atoms with Crippen molar-refractivity contribution in [3.8, 4) is 0 Å². The lowest BCUT2D eigenvalue weighted by atomic mass is 10.1. The van der Waals surface area contributed by atoms with Gasteiger partial charge in [-0.25, -0.2) is 8.42 Å². The van der Waals surface area contributed by atoms with Crippen molar-refractivity contribution in [2.24, 2.45) is 5.92 Å². The van der Waals surface area contributed by atoms with Crippen LogP contribution in [-0.2, 0) is 14.6 Å². The van der Waals surface area contributed by atoms with E-state index in [1.807, 2.05) is 12.2 Å². The number of rotatable bonds is 4. The quantitative estimate of drug-likeness (QED) is 0.690. The Kier molecular flexibility index (Phi) is 4.13. The van der Waals surface area contributed by atoms with Crippen LogP contribution >= 0.6 is 0 Å². The molecule has 0 heterocycles. The summed E-state index contributed by atoms with van der Waals surface area (Å²) in [6, 6.07) is -0.261. The number of carbonyl (C=O) groups excluding carboxylic acids is 1. The Morgan fingerprint density at radius 2 is 1.94 bits per heavy atom. The molecule has 0 spiro atoms. The number of hydrogen-bond donors (Lipinski definition) is 0. The Morgan fingerprint density at radius 3 is 2.38 bits per heavy atom. The average Bonchev–Trinajstić information content (AvgIpc) is 2.65. The highest BCUT2D eigenvalue weighted by Crippen LogP contribution is 2.20. The third-order valence-corrected chi connectivity index (χ3v) is 4.00. The summed E-state index contributed by atoms with van der Waals surface area (Å²) >= 11 is 0. The van der Waals surface area contributed by atoms with Crippen molar-refractivity contribution in [3.05, 3.63) is 12.2 Å². The summed E-state index contributed by atoms with van der Waals surface area (Å²) in [4.78, 5) is 13.5. The largest absolute Gasteiger partial charge is 0.342 e. The molecule has 0 bridgehead atoms. The highest BCUT2D eigenvalue weighted by Gasteiger charge is 2.26. The van der Waals surface area contributed by atoms with E-state index in [0.29, 0.717) is 0 Å². The van der Waals surface area contributed by atoms with Gasteiger partial charge in [0.05, 0.1) is 5.75 Å². The maximum absolute atomic E-state index is 12.0. The zero-order chi connectivity index (χ0) is 12.3. The van der Waals surface area contributed by atoms with E-state index < -0.39 is 9.84 Å². The first kappa shape index (κ1) is 13.2. The van der Waals surface area contributed by atoms with Crippen LogP contribution in [0.2, 0.25) is 0 Å². The van der Waals surface area contributed by atoms with Crippen LogP contribution in [0, 0.1) is 5.92 Å². The first-order chi connectivity index (χ1) is 7.31. The molecule has 0 radical (unpaired) electrons. The van der Waals surface area contributed by atoms with Crippen LogP contribution in [0.15, 0.2) is 12.2 Å². The molecular formula is C11H19NO3S. The minimum absolute atomic E-state index is 0.00649. The van der Waals surface area contributed by atoms with Crippen LogP contribution in [0.3, 0.4) is 0 Å². The zero-order valence-corrected chi connectivity index (χ0v) is 10.8. The molecule has 0 aromatic rings. The number of sulfone groups is 1. The molecule has 5 heteroatoms. The molecular weight excluding hydrogens is 226 g/mol. The summed E-state index contributed by atoms with van der Waals surface area (Å²) in [6.45, 7) is 1.77. The van der Waals surface area contributed by atoms with Crippen LogP contribution in [0.5, 0.6) is 0 Å². The average molecular weight is 245 g/mol. The van der Waals surface area contributed by atoms with Gasteiger partial charge in [0.25, 0.3) is 0 Å². The molecule has 0 saturated carbocycles. The Morgan fingerprint density at radius 1 is 1.44 bits per heavy atom. The fraction of sp³-hybridized carbons (Fsp3) is 0.727. The van der Waals surface area contributed by atoms with Crippen LogP contribution in [0.4, 0.5) is 0 Å². The lowest BCUT2D eigenvalue weighted by Crippen LogP contribution is -2.42. The molecule has 1 atom stereocenters. The van der Waals surface area contributed by atoms with E-state index in [-0.39, 0.29) is 23.6 Å². The second-order valence-corrected chi connectivity index (χ2v) is 6.72. The third kappa shape index (κ3) is 3.63. The van der Waals surface area contributed by atoms with Gasteiger partial charge in [0, 0.05) is 25.3 Å². The van der Waals surface area contributed by atoms with Gasteiger partial charge >= 0.3 is 0 Å². The van der Waals surface area contributed by atoms with Crippen LogP contribution in [0.25, 0.3) is 0 Å². The van der Waals surface area contributed by atoms with Gasteiger partial charge in [-0.15, -0.1) is 0 Å². The van der Waals surface area contributed by atoms with Gasteiger partial charge in [-0.1, -0.05) is 12.2 Å². The van der Waals surface area contributed by atoms with Crippen molar-refractivity contribution in [1.82, 2.24) is 4.90 Å². The number of nitrogens with zero attached hydrogens (tertiary/aromatic N) is 1. The van der Waals surface area contributed by atoms with Crippen molar-refractivity contribution in [2.45, 2.75) is 25.8 Å². The molecule has 0 fully saturated rings. The highest BCUT2D eigenvalue weighted by atomic mass is 32.2. The molecule has 0 aromatic heterocycles. The summed E-state index contributed by atoms with van der Waals surface area (Å²) in [7, 11) is -1.36. The van der Waals surface area contributed by atoms with Gasteiger partial charge in [-0.2, -0.15) is 0 Å². The van der Waals surface area contributed by atoms with Gasteiger partial charge in [0.1, 0.15) is 9.84 Å². The van der Waals surface area contributed by atoms with Gasteiger partial charge in [-0.3, -0.25) is 4.79 Å². The maximum Gasteiger partial charge on any atom is 0.226 e. The highest BCUT2D eigenvalue weighted by molar-refractivity contribution is 7.90. The van der Waals surface area contributed by atoms with Crippen LogP contribution < -0.4 is 0 Å². The van der Waals surface area contributed by atoms with Crippen LogP contribution in [-0.4, -0.2) is 44.3 Å². The van der Waals surface area contributed by atoms with Gasteiger partial charge in [0.15, 0.2) is 0 Å². The SMILES string of the molecule is C[C@@H](CS(C)(=O)=O)N(C)C(=O)C1CC=CC1. The summed E-state index contributed by atoms with van der Waals surface area (Å²) in [5.74, 6) is 0.0724. The number of hydrogen-bond acceptors (Lipinski definition) is 3. The predicted molar refractivity (Wildman–Crippen MR) is 63.8 cm³/mol. The summed E-state index contributed by atoms with van der Waals surface area (Å²) < 4.78 is 22.3. The van der Waals surface area contributed by atoms with E-state index in [1.54, 1.807) is 18.9 Å². The lowest BCUT2D eigenvalue weighted by molar-refractivity contribution is -0.135. The normalized spacial score (nSPS) is 18.7. The minimum Gasteiger partial charge on any atom is -0.342 e. The molecule has 0 saturated heterocycles. The van der Waals surface area contributed by atoms with Gasteiger partial charge in [-0.05, 0) is 19.8 Å².